The number of hydrogen-bond donors (Lipinski definition) is 2. The molecule has 1 aliphatic heterocycles. The van der Waals surface area contributed by atoms with Crippen LogP contribution < -0.4 is 10.2 Å². The van der Waals surface area contributed by atoms with Gasteiger partial charge in [0.05, 0.1) is 15.7 Å². The molecule has 7 nitrogen and oxygen atoms in total. The van der Waals surface area contributed by atoms with Gasteiger partial charge in [-0.15, -0.1) is 0 Å². The van der Waals surface area contributed by atoms with Crippen molar-refractivity contribution < 1.29 is 14.7 Å². The van der Waals surface area contributed by atoms with Crippen LogP contribution in [0, 0.1) is 12.3 Å². The van der Waals surface area contributed by atoms with E-state index in [0.29, 0.717) is 45.4 Å². The van der Waals surface area contributed by atoms with Crippen LogP contribution in [0.25, 0.3) is 0 Å². The highest BCUT2D eigenvalue weighted by molar-refractivity contribution is 7.99. The van der Waals surface area contributed by atoms with Crippen LogP contribution in [-0.4, -0.2) is 46.1 Å². The summed E-state index contributed by atoms with van der Waals surface area (Å²) in [4.78, 5) is 36.1. The molecule has 0 radical (unpaired) electrons. The summed E-state index contributed by atoms with van der Waals surface area (Å²) in [5.74, 6) is 0.445. The Balaban J connectivity index is 1.57. The Labute approximate surface area is 207 Å². The molecule has 33 heavy (non-hydrogen) atoms. The second kappa shape index (κ2) is 9.68. The maximum Gasteiger partial charge on any atom is 0.404 e. The molecule has 0 bridgehead atoms. The Bertz CT molecular complexity index is 1090. The number of aryl methyl sites for hydroxylation is 1. The molecule has 1 amide bonds. The highest BCUT2D eigenvalue weighted by atomic mass is 35.5. The molecule has 1 unspecified atom stereocenters. The number of amides is 1. The van der Waals surface area contributed by atoms with Crippen molar-refractivity contribution in [3.8, 4) is 0 Å². The van der Waals surface area contributed by atoms with Gasteiger partial charge in [0.25, 0.3) is 0 Å². The van der Waals surface area contributed by atoms with Gasteiger partial charge in [-0.25, -0.2) is 14.8 Å². The van der Waals surface area contributed by atoms with Crippen molar-refractivity contribution in [2.45, 2.75) is 61.9 Å². The second-order valence-corrected chi connectivity index (χ2v) is 10.6. The number of nitrogens with one attached hydrogen (secondary N) is 1. The minimum absolute atomic E-state index is 0.0153. The Kier molecular flexibility index (Phi) is 7.07. The van der Waals surface area contributed by atoms with Gasteiger partial charge >= 0.3 is 6.09 Å². The SMILES string of the molecule is CC(=O)c1nc(Sc2cccc(Cl)c2Cl)c(C)nc1N1CCC2(CCCC2NC(=O)O)CC1. The topological polar surface area (TPSA) is 95.4 Å². The molecule has 1 aromatic carbocycles. The van der Waals surface area contributed by atoms with Crippen molar-refractivity contribution >= 4 is 52.7 Å². The van der Waals surface area contributed by atoms with Crippen LogP contribution in [0.15, 0.2) is 28.1 Å². The first-order valence-electron chi connectivity index (χ1n) is 11.0. The minimum Gasteiger partial charge on any atom is -0.465 e. The molecule has 1 saturated carbocycles. The van der Waals surface area contributed by atoms with Gasteiger partial charge in [-0.05, 0) is 50.2 Å². The number of aromatic nitrogens is 2. The van der Waals surface area contributed by atoms with E-state index in [9.17, 15) is 14.7 Å². The van der Waals surface area contributed by atoms with E-state index in [1.807, 2.05) is 19.1 Å². The lowest BCUT2D eigenvalue weighted by Crippen LogP contribution is -2.50. The van der Waals surface area contributed by atoms with Gasteiger partial charge in [0.15, 0.2) is 11.6 Å². The Morgan fingerprint density at radius 3 is 2.61 bits per heavy atom. The van der Waals surface area contributed by atoms with E-state index < -0.39 is 6.09 Å². The first-order chi connectivity index (χ1) is 15.7. The van der Waals surface area contributed by atoms with E-state index in [1.54, 1.807) is 6.07 Å². The number of ketones is 1. The Morgan fingerprint density at radius 2 is 1.94 bits per heavy atom. The Hall–Kier alpha value is -2.03. The molecule has 1 saturated heterocycles. The standard InChI is InChI=1S/C23H26Cl2N4O3S/c1-13-21(33-16-6-3-5-15(24)18(16)25)28-19(14(2)30)20(26-13)29-11-9-23(10-12-29)8-4-7-17(23)27-22(31)32/h3,5-6,17,27H,4,7-12H2,1-2H3,(H,31,32). The summed E-state index contributed by atoms with van der Waals surface area (Å²) >= 11 is 13.8. The molecule has 1 spiro atoms. The molecule has 176 valence electrons. The summed E-state index contributed by atoms with van der Waals surface area (Å²) in [5.41, 5.74) is 1.03. The number of nitrogens with zero attached hydrogens (tertiary/aromatic N) is 3. The average Bonchev–Trinajstić information content (AvgIpc) is 3.13. The van der Waals surface area contributed by atoms with Gasteiger partial charge in [0.2, 0.25) is 0 Å². The monoisotopic (exact) mass is 508 g/mol. The van der Waals surface area contributed by atoms with Crippen LogP contribution in [0.2, 0.25) is 10.0 Å². The van der Waals surface area contributed by atoms with Gasteiger partial charge in [-0.2, -0.15) is 0 Å². The average molecular weight is 509 g/mol. The third-order valence-corrected chi connectivity index (χ3v) is 8.80. The third kappa shape index (κ3) is 4.93. The van der Waals surface area contributed by atoms with Crippen LogP contribution in [0.1, 0.15) is 55.2 Å². The highest BCUT2D eigenvalue weighted by Crippen LogP contribution is 2.47. The van der Waals surface area contributed by atoms with Crippen molar-refractivity contribution in [3.05, 3.63) is 39.6 Å². The lowest BCUT2D eigenvalue weighted by molar-refractivity contribution is 0.101. The molecule has 1 aliphatic carbocycles. The van der Waals surface area contributed by atoms with E-state index in [0.717, 1.165) is 37.0 Å². The van der Waals surface area contributed by atoms with Crippen LogP contribution >= 0.6 is 35.0 Å². The zero-order chi connectivity index (χ0) is 23.8. The zero-order valence-electron chi connectivity index (χ0n) is 18.5. The first kappa shape index (κ1) is 24.1. The molecule has 2 aliphatic rings. The van der Waals surface area contributed by atoms with E-state index in [-0.39, 0.29) is 17.2 Å². The third-order valence-electron chi connectivity index (χ3n) is 6.73. The molecular weight excluding hydrogens is 483 g/mol. The van der Waals surface area contributed by atoms with E-state index in [2.05, 4.69) is 15.2 Å². The lowest BCUT2D eigenvalue weighted by Gasteiger charge is -2.43. The molecule has 10 heteroatoms. The zero-order valence-corrected chi connectivity index (χ0v) is 20.9. The van der Waals surface area contributed by atoms with Gasteiger partial charge in [0, 0.05) is 31.0 Å². The fraction of sp³-hybridized carbons (Fsp3) is 0.478. The van der Waals surface area contributed by atoms with E-state index in [4.69, 9.17) is 28.2 Å². The van der Waals surface area contributed by atoms with Crippen molar-refractivity contribution in [1.82, 2.24) is 15.3 Å². The molecule has 2 fully saturated rings. The number of benzene rings is 1. The molecule has 1 aromatic heterocycles. The number of rotatable bonds is 5. The van der Waals surface area contributed by atoms with E-state index >= 15 is 0 Å². The number of hydrogen-bond acceptors (Lipinski definition) is 6. The first-order valence-corrected chi connectivity index (χ1v) is 12.5. The van der Waals surface area contributed by atoms with Crippen molar-refractivity contribution in [3.63, 3.8) is 0 Å². The highest BCUT2D eigenvalue weighted by Gasteiger charge is 2.46. The molecule has 1 atom stereocenters. The number of piperidine rings is 1. The van der Waals surface area contributed by atoms with Crippen LogP contribution in [0.4, 0.5) is 10.6 Å². The van der Waals surface area contributed by atoms with Crippen LogP contribution in [-0.2, 0) is 0 Å². The van der Waals surface area contributed by atoms with Crippen molar-refractivity contribution in [1.29, 1.82) is 0 Å². The smallest absolute Gasteiger partial charge is 0.404 e. The van der Waals surface area contributed by atoms with Gasteiger partial charge < -0.3 is 15.3 Å². The summed E-state index contributed by atoms with van der Waals surface area (Å²) in [6.45, 7) is 4.78. The largest absolute Gasteiger partial charge is 0.465 e. The second-order valence-electron chi connectivity index (χ2n) is 8.74. The fourth-order valence-electron chi connectivity index (χ4n) is 4.99. The van der Waals surface area contributed by atoms with Gasteiger partial charge in [-0.1, -0.05) is 47.5 Å². The number of carbonyl (C=O) groups is 2. The summed E-state index contributed by atoms with van der Waals surface area (Å²) < 4.78 is 0. The summed E-state index contributed by atoms with van der Waals surface area (Å²) in [6, 6.07) is 5.38. The van der Waals surface area contributed by atoms with Crippen LogP contribution in [0.5, 0.6) is 0 Å². The molecule has 2 heterocycles. The van der Waals surface area contributed by atoms with Gasteiger partial charge in [-0.3, -0.25) is 4.79 Å². The lowest BCUT2D eigenvalue weighted by atomic mass is 9.74. The summed E-state index contributed by atoms with van der Waals surface area (Å²) in [5, 5.41) is 13.5. The quantitative estimate of drug-likeness (QED) is 0.488. The summed E-state index contributed by atoms with van der Waals surface area (Å²) in [7, 11) is 0. The molecule has 2 aromatic rings. The summed E-state index contributed by atoms with van der Waals surface area (Å²) in [6.07, 6.45) is 3.67. The van der Waals surface area contributed by atoms with Gasteiger partial charge in [0.1, 0.15) is 10.7 Å². The molecule has 2 N–H and O–H groups in total. The number of carbonyl (C=O) groups excluding carboxylic acids is 1. The number of halogens is 2. The van der Waals surface area contributed by atoms with Crippen molar-refractivity contribution in [2.24, 2.45) is 5.41 Å². The maximum atomic E-state index is 12.5. The number of Topliss-reactive ketones (excluding diaryl/α,β-unsaturated/α-hetero) is 1. The number of anilines is 1. The predicted molar refractivity (Wildman–Crippen MR) is 130 cm³/mol. The van der Waals surface area contributed by atoms with Crippen molar-refractivity contribution in [2.75, 3.05) is 18.0 Å². The molecule has 4 rings (SSSR count). The normalized spacial score (nSPS) is 19.6. The maximum absolute atomic E-state index is 12.5. The molecular formula is C23H26Cl2N4O3S. The van der Waals surface area contributed by atoms with E-state index in [1.165, 1.54) is 18.7 Å². The number of carboxylic acid groups (broad SMARTS) is 1. The fourth-order valence-corrected chi connectivity index (χ4v) is 6.34. The minimum atomic E-state index is -0.961. The Morgan fingerprint density at radius 1 is 1.21 bits per heavy atom. The predicted octanol–water partition coefficient (Wildman–Crippen LogP) is 5.85. The van der Waals surface area contributed by atoms with Crippen LogP contribution in [0.3, 0.4) is 0 Å².